The smallest absolute Gasteiger partial charge is 0.229 e. The zero-order chi connectivity index (χ0) is 19.5. The predicted molar refractivity (Wildman–Crippen MR) is 116 cm³/mol. The van der Waals surface area contributed by atoms with Gasteiger partial charge in [-0.05, 0) is 46.9 Å². The minimum absolute atomic E-state index is 0.145. The van der Waals surface area contributed by atoms with Crippen LogP contribution in [-0.4, -0.2) is 56.5 Å². The van der Waals surface area contributed by atoms with Gasteiger partial charge >= 0.3 is 0 Å². The van der Waals surface area contributed by atoms with Crippen LogP contribution in [0.4, 0.5) is 17.3 Å². The minimum Gasteiger partial charge on any atom is -0.368 e. The first-order chi connectivity index (χ1) is 13.6. The number of nitrogens with one attached hydrogen (secondary N) is 1. The van der Waals surface area contributed by atoms with Crippen molar-refractivity contribution < 1.29 is 4.79 Å². The molecular formula is C19H20IN7O. The average Bonchev–Trinajstić information content (AvgIpc) is 3.25. The molecular weight excluding hydrogens is 469 g/mol. The van der Waals surface area contributed by atoms with Crippen molar-refractivity contribution in [2.45, 2.75) is 6.92 Å². The monoisotopic (exact) mass is 489 g/mol. The van der Waals surface area contributed by atoms with Crippen LogP contribution in [0.5, 0.6) is 0 Å². The molecule has 1 fully saturated rings. The molecule has 3 aromatic rings. The van der Waals surface area contributed by atoms with E-state index in [9.17, 15) is 4.79 Å². The van der Waals surface area contributed by atoms with Crippen molar-refractivity contribution >= 4 is 45.8 Å². The van der Waals surface area contributed by atoms with Crippen LogP contribution in [0, 0.1) is 3.57 Å². The second-order valence-electron chi connectivity index (χ2n) is 6.50. The van der Waals surface area contributed by atoms with Crippen LogP contribution in [-0.2, 0) is 4.79 Å². The first kappa shape index (κ1) is 18.7. The normalized spacial score (nSPS) is 14.2. The number of anilines is 3. The van der Waals surface area contributed by atoms with Crippen molar-refractivity contribution in [3.63, 3.8) is 0 Å². The van der Waals surface area contributed by atoms with Gasteiger partial charge in [0.2, 0.25) is 11.9 Å². The summed E-state index contributed by atoms with van der Waals surface area (Å²) in [6.07, 6.45) is 7.08. The number of carbonyl (C=O) groups is 1. The van der Waals surface area contributed by atoms with Gasteiger partial charge in [0, 0.05) is 63.1 Å². The zero-order valence-corrected chi connectivity index (χ0v) is 17.6. The van der Waals surface area contributed by atoms with Gasteiger partial charge in [0.15, 0.2) is 5.82 Å². The van der Waals surface area contributed by atoms with Crippen LogP contribution in [0.15, 0.2) is 49.2 Å². The van der Waals surface area contributed by atoms with E-state index in [2.05, 4.69) is 59.9 Å². The molecule has 4 rings (SSSR count). The average molecular weight is 489 g/mol. The van der Waals surface area contributed by atoms with E-state index in [0.717, 1.165) is 46.9 Å². The highest BCUT2D eigenvalue weighted by Crippen LogP contribution is 2.22. The summed E-state index contributed by atoms with van der Waals surface area (Å²) in [5, 5.41) is 3.25. The molecule has 0 atom stereocenters. The highest BCUT2D eigenvalue weighted by Gasteiger charge is 2.18. The lowest BCUT2D eigenvalue weighted by Crippen LogP contribution is -2.48. The molecule has 0 saturated carbocycles. The third kappa shape index (κ3) is 4.08. The molecule has 0 spiro atoms. The molecule has 1 N–H and O–H groups in total. The number of rotatable bonds is 4. The number of amides is 1. The molecule has 1 amide bonds. The van der Waals surface area contributed by atoms with Gasteiger partial charge in [-0.3, -0.25) is 9.36 Å². The number of benzene rings is 1. The first-order valence-electron chi connectivity index (χ1n) is 8.98. The Bertz CT molecular complexity index is 951. The van der Waals surface area contributed by atoms with Crippen LogP contribution in [0.1, 0.15) is 6.92 Å². The van der Waals surface area contributed by atoms with Crippen molar-refractivity contribution in [2.24, 2.45) is 0 Å². The van der Waals surface area contributed by atoms with E-state index in [-0.39, 0.29) is 5.91 Å². The minimum atomic E-state index is 0.145. The molecule has 0 unspecified atom stereocenters. The highest BCUT2D eigenvalue weighted by molar-refractivity contribution is 14.1. The zero-order valence-electron chi connectivity index (χ0n) is 15.4. The van der Waals surface area contributed by atoms with Crippen molar-refractivity contribution in [1.29, 1.82) is 0 Å². The number of piperazine rings is 1. The number of imidazole rings is 1. The number of hydrogen-bond acceptors (Lipinski definition) is 6. The van der Waals surface area contributed by atoms with Gasteiger partial charge in [-0.1, -0.05) is 0 Å². The van der Waals surface area contributed by atoms with Crippen LogP contribution in [0.3, 0.4) is 0 Å². The molecule has 1 aromatic carbocycles. The van der Waals surface area contributed by atoms with Gasteiger partial charge in [0.05, 0.1) is 3.57 Å². The number of halogens is 1. The van der Waals surface area contributed by atoms with E-state index in [1.807, 2.05) is 27.8 Å². The first-order valence-corrected chi connectivity index (χ1v) is 10.1. The van der Waals surface area contributed by atoms with E-state index in [4.69, 9.17) is 0 Å². The molecule has 0 bridgehead atoms. The third-order valence-corrected chi connectivity index (χ3v) is 5.45. The van der Waals surface area contributed by atoms with Gasteiger partial charge in [0.25, 0.3) is 0 Å². The fraction of sp³-hybridized carbons (Fsp3) is 0.263. The van der Waals surface area contributed by atoms with E-state index < -0.39 is 0 Å². The molecule has 0 aliphatic carbocycles. The van der Waals surface area contributed by atoms with Crippen molar-refractivity contribution in [3.8, 4) is 5.82 Å². The van der Waals surface area contributed by atoms with Crippen molar-refractivity contribution in [1.82, 2.24) is 24.4 Å². The van der Waals surface area contributed by atoms with E-state index in [1.54, 1.807) is 25.6 Å². The van der Waals surface area contributed by atoms with Crippen LogP contribution < -0.4 is 10.2 Å². The Morgan fingerprint density at radius 3 is 2.54 bits per heavy atom. The predicted octanol–water partition coefficient (Wildman–Crippen LogP) is 2.68. The molecule has 1 aliphatic heterocycles. The Balaban J connectivity index is 1.44. The maximum atomic E-state index is 11.5. The molecule has 144 valence electrons. The van der Waals surface area contributed by atoms with Crippen molar-refractivity contribution in [3.05, 3.63) is 52.8 Å². The van der Waals surface area contributed by atoms with Gasteiger partial charge < -0.3 is 15.1 Å². The summed E-state index contributed by atoms with van der Waals surface area (Å²) in [6, 6.07) is 8.19. The molecule has 0 radical (unpaired) electrons. The lowest BCUT2D eigenvalue weighted by molar-refractivity contribution is -0.129. The number of carbonyl (C=O) groups excluding carboxylic acids is 1. The Morgan fingerprint density at radius 1 is 1.14 bits per heavy atom. The van der Waals surface area contributed by atoms with E-state index in [1.165, 1.54) is 0 Å². The molecule has 2 aromatic heterocycles. The number of hydrogen-bond donors (Lipinski definition) is 1. The van der Waals surface area contributed by atoms with Crippen LogP contribution in [0.25, 0.3) is 5.82 Å². The van der Waals surface area contributed by atoms with Crippen LogP contribution >= 0.6 is 22.6 Å². The Kier molecular flexibility index (Phi) is 5.42. The summed E-state index contributed by atoms with van der Waals surface area (Å²) < 4.78 is 2.81. The SMILES string of the molecule is CC(=O)N1CCN(c2ccc(Nc3ncc(I)c(-n4ccnc4)n3)cc2)CC1. The summed E-state index contributed by atoms with van der Waals surface area (Å²) in [5.74, 6) is 1.47. The molecule has 3 heterocycles. The Hall–Kier alpha value is -2.69. The molecule has 28 heavy (non-hydrogen) atoms. The molecule has 8 nitrogen and oxygen atoms in total. The molecule has 9 heteroatoms. The largest absolute Gasteiger partial charge is 0.368 e. The second-order valence-corrected chi connectivity index (χ2v) is 7.66. The highest BCUT2D eigenvalue weighted by atomic mass is 127. The summed E-state index contributed by atoms with van der Waals surface area (Å²) in [4.78, 5) is 28.7. The Labute approximate surface area is 176 Å². The van der Waals surface area contributed by atoms with Crippen LogP contribution in [0.2, 0.25) is 0 Å². The summed E-state index contributed by atoms with van der Waals surface area (Å²) in [7, 11) is 0. The topological polar surface area (TPSA) is 79.2 Å². The lowest BCUT2D eigenvalue weighted by atomic mass is 10.2. The number of nitrogens with zero attached hydrogens (tertiary/aromatic N) is 6. The van der Waals surface area contributed by atoms with Gasteiger partial charge in [-0.2, -0.15) is 4.98 Å². The summed E-state index contributed by atoms with van der Waals surface area (Å²) >= 11 is 2.21. The fourth-order valence-corrected chi connectivity index (χ4v) is 3.69. The second kappa shape index (κ2) is 8.13. The quantitative estimate of drug-likeness (QED) is 0.568. The third-order valence-electron chi connectivity index (χ3n) is 4.69. The van der Waals surface area contributed by atoms with Gasteiger partial charge in [-0.15, -0.1) is 0 Å². The van der Waals surface area contributed by atoms with E-state index in [0.29, 0.717) is 5.95 Å². The Morgan fingerprint density at radius 2 is 1.89 bits per heavy atom. The molecule has 1 saturated heterocycles. The standard InChI is InChI=1S/C19H20IN7O/c1-14(28)25-8-10-26(11-9-25)16-4-2-15(3-5-16)23-19-22-12-17(20)18(24-19)27-7-6-21-13-27/h2-7,12-13H,8-11H2,1H3,(H,22,23,24). The van der Waals surface area contributed by atoms with Crippen molar-refractivity contribution in [2.75, 3.05) is 36.4 Å². The van der Waals surface area contributed by atoms with E-state index >= 15 is 0 Å². The maximum Gasteiger partial charge on any atom is 0.229 e. The van der Waals surface area contributed by atoms with Gasteiger partial charge in [0.1, 0.15) is 6.33 Å². The fourth-order valence-electron chi connectivity index (χ4n) is 3.15. The number of aromatic nitrogens is 4. The summed E-state index contributed by atoms with van der Waals surface area (Å²) in [5.41, 5.74) is 2.07. The maximum absolute atomic E-state index is 11.5. The summed E-state index contributed by atoms with van der Waals surface area (Å²) in [6.45, 7) is 4.86. The lowest BCUT2D eigenvalue weighted by Gasteiger charge is -2.35. The molecule has 1 aliphatic rings. The van der Waals surface area contributed by atoms with Gasteiger partial charge in [-0.25, -0.2) is 9.97 Å².